The molecule has 2 fully saturated rings. The lowest BCUT2D eigenvalue weighted by molar-refractivity contribution is -0.173. The first-order valence-corrected chi connectivity index (χ1v) is 19.1. The van der Waals surface area contributed by atoms with Crippen LogP contribution in [-0.2, 0) is 37.0 Å². The summed E-state index contributed by atoms with van der Waals surface area (Å²) in [7, 11) is 0. The van der Waals surface area contributed by atoms with Crippen molar-refractivity contribution in [3.05, 3.63) is 125 Å². The lowest BCUT2D eigenvalue weighted by Crippen LogP contribution is -2.32. The van der Waals surface area contributed by atoms with Gasteiger partial charge in [0.05, 0.1) is 27.7 Å². The Labute approximate surface area is 353 Å². The Bertz CT molecular complexity index is 2540. The molecule has 4 aromatic carbocycles. The van der Waals surface area contributed by atoms with Crippen LogP contribution in [0.1, 0.15) is 86.5 Å². The highest BCUT2D eigenvalue weighted by atomic mass is 16.7. The third-order valence-corrected chi connectivity index (χ3v) is 9.40. The number of rotatable bonds is 7. The van der Waals surface area contributed by atoms with Crippen LogP contribution in [0.15, 0.2) is 102 Å². The maximum atomic E-state index is 12.8. The third kappa shape index (κ3) is 10.8. The summed E-state index contributed by atoms with van der Waals surface area (Å²) in [5, 5.41) is 26.0. The number of anilines is 2. The number of fused-ring (bicyclic) bond motifs is 2. The summed E-state index contributed by atoms with van der Waals surface area (Å²) in [4.78, 5) is 105. The summed E-state index contributed by atoms with van der Waals surface area (Å²) < 4.78 is 2.00. The summed E-state index contributed by atoms with van der Waals surface area (Å²) in [6, 6.07) is 26.9. The molecule has 19 heteroatoms. The van der Waals surface area contributed by atoms with Gasteiger partial charge in [0.15, 0.2) is 0 Å². The number of carboxylic acid groups (broad SMARTS) is 2. The first-order chi connectivity index (χ1) is 29.6. The van der Waals surface area contributed by atoms with Crippen molar-refractivity contribution in [2.75, 3.05) is 17.2 Å². The molecule has 0 aliphatic carbocycles. The topological polar surface area (TPSA) is 272 Å². The summed E-state index contributed by atoms with van der Waals surface area (Å²) in [5.41, 5.74) is 10.2. The standard InChI is InChI=1S/C22H19N3O5.C9H11N3.C8H6O4.C4H5NO3/c1-2-24-17-9-4-3-6-14(17)13-18(24)23-21(28)15-7-5-8-16(12-15)22(29)30-25-19(26)10-11-20(25)27;1-2-12-8-6-4-3-5-7(8)11-9(12)10;9-7(10)5-2-1-3-6(4-5)8(11)12;6-3-1-2-4(7)5(3)8/h3-9,12H,2,10-11,13H2,1H3;3-6H,2H2,1H3,(H2,10,11);1-4H,(H,9,10)(H,11,12);8H,1-2H2. The van der Waals surface area contributed by atoms with Gasteiger partial charge in [-0.3, -0.25) is 29.2 Å². The molecule has 3 aliphatic rings. The van der Waals surface area contributed by atoms with E-state index in [0.29, 0.717) is 29.8 Å². The number of para-hydroxylation sites is 3. The van der Waals surface area contributed by atoms with Gasteiger partial charge in [0.2, 0.25) is 5.95 Å². The van der Waals surface area contributed by atoms with E-state index in [1.807, 2.05) is 64.9 Å². The van der Waals surface area contributed by atoms with E-state index in [2.05, 4.69) is 16.9 Å². The average molecular weight is 848 g/mol. The van der Waals surface area contributed by atoms with E-state index < -0.39 is 47.4 Å². The number of carbonyl (C=O) groups excluding carboxylic acids is 6. The van der Waals surface area contributed by atoms with E-state index in [4.69, 9.17) is 26.0 Å². The predicted molar refractivity (Wildman–Crippen MR) is 221 cm³/mol. The highest BCUT2D eigenvalue weighted by Gasteiger charge is 2.33. The number of carbonyl (C=O) groups is 8. The number of likely N-dealkylation sites (N-methyl/N-ethyl adjacent to an activating group) is 1. The molecule has 0 saturated carbocycles. The Balaban J connectivity index is 0.000000185. The van der Waals surface area contributed by atoms with Gasteiger partial charge in [-0.1, -0.05) is 42.5 Å². The normalized spacial score (nSPS) is 14.7. The molecule has 1 aromatic heterocycles. The van der Waals surface area contributed by atoms with Crippen molar-refractivity contribution in [2.45, 2.75) is 52.5 Å². The minimum absolute atomic E-state index is 0.0123. The molecule has 0 unspecified atom stereocenters. The van der Waals surface area contributed by atoms with Crippen molar-refractivity contribution >= 4 is 75.9 Å². The second-order valence-corrected chi connectivity index (χ2v) is 13.4. The number of aliphatic imine (C=N–C) groups is 1. The lowest BCUT2D eigenvalue weighted by atomic mass is 10.1. The van der Waals surface area contributed by atoms with Crippen molar-refractivity contribution < 1.29 is 58.6 Å². The Kier molecular flexibility index (Phi) is 14.7. The third-order valence-electron chi connectivity index (χ3n) is 9.40. The van der Waals surface area contributed by atoms with Crippen LogP contribution in [0.25, 0.3) is 11.0 Å². The van der Waals surface area contributed by atoms with Crippen molar-refractivity contribution in [3.8, 4) is 0 Å². The number of aryl methyl sites for hydroxylation is 1. The zero-order valence-electron chi connectivity index (χ0n) is 33.5. The zero-order valence-corrected chi connectivity index (χ0v) is 33.5. The zero-order chi connectivity index (χ0) is 45.1. The number of imidazole rings is 1. The Morgan fingerprint density at radius 3 is 1.79 bits per heavy atom. The van der Waals surface area contributed by atoms with Crippen molar-refractivity contribution in [1.82, 2.24) is 19.7 Å². The molecule has 0 spiro atoms. The molecule has 0 atom stereocenters. The molecular weight excluding hydrogens is 807 g/mol. The molecular formula is C43H41N7O12. The largest absolute Gasteiger partial charge is 0.478 e. The smallest absolute Gasteiger partial charge is 0.363 e. The number of aromatic carboxylic acids is 2. The Morgan fingerprint density at radius 1 is 0.694 bits per heavy atom. The first-order valence-electron chi connectivity index (χ1n) is 19.1. The van der Waals surface area contributed by atoms with Crippen LogP contribution in [0.2, 0.25) is 0 Å². The minimum atomic E-state index is -1.13. The maximum absolute atomic E-state index is 12.8. The van der Waals surface area contributed by atoms with E-state index in [9.17, 15) is 38.4 Å². The monoisotopic (exact) mass is 847 g/mol. The fourth-order valence-corrected chi connectivity index (χ4v) is 6.31. The van der Waals surface area contributed by atoms with Gasteiger partial charge in [-0.15, -0.1) is 5.06 Å². The molecule has 0 radical (unpaired) electrons. The molecule has 62 heavy (non-hydrogen) atoms. The minimum Gasteiger partial charge on any atom is -0.478 e. The number of aromatic nitrogens is 2. The van der Waals surface area contributed by atoms with Gasteiger partial charge < -0.3 is 30.3 Å². The van der Waals surface area contributed by atoms with Gasteiger partial charge >= 0.3 is 17.9 Å². The first kappa shape index (κ1) is 45.0. The molecule has 4 heterocycles. The summed E-state index contributed by atoms with van der Waals surface area (Å²) in [5.74, 6) is -4.52. The average Bonchev–Trinajstić information content (AvgIpc) is 3.99. The fourth-order valence-electron chi connectivity index (χ4n) is 6.31. The van der Waals surface area contributed by atoms with Gasteiger partial charge in [-0.25, -0.2) is 19.4 Å². The number of hydroxylamine groups is 4. The Morgan fingerprint density at radius 2 is 1.23 bits per heavy atom. The molecule has 2 saturated heterocycles. The van der Waals surface area contributed by atoms with Gasteiger partial charge in [0.25, 0.3) is 29.5 Å². The van der Waals surface area contributed by atoms with Crippen LogP contribution in [0.4, 0.5) is 11.6 Å². The van der Waals surface area contributed by atoms with E-state index in [-0.39, 0.29) is 53.0 Å². The molecule has 3 aliphatic heterocycles. The number of amides is 5. The lowest BCUT2D eigenvalue weighted by Gasteiger charge is -2.17. The molecule has 320 valence electrons. The van der Waals surface area contributed by atoms with Gasteiger partial charge in [-0.2, -0.15) is 10.1 Å². The van der Waals surface area contributed by atoms with Crippen LogP contribution in [0, 0.1) is 0 Å². The van der Waals surface area contributed by atoms with Gasteiger partial charge in [0.1, 0.15) is 5.84 Å². The number of nitrogen functional groups attached to an aromatic ring is 1. The van der Waals surface area contributed by atoms with Crippen molar-refractivity contribution in [1.29, 1.82) is 0 Å². The molecule has 5 aromatic rings. The second kappa shape index (κ2) is 20.3. The fraction of sp³-hybridized carbons (Fsp3) is 0.209. The number of nitrogens with two attached hydrogens (primary N) is 1. The highest BCUT2D eigenvalue weighted by Crippen LogP contribution is 2.29. The Hall–Kier alpha value is -8.06. The molecule has 0 bridgehead atoms. The summed E-state index contributed by atoms with van der Waals surface area (Å²) in [6.45, 7) is 5.59. The maximum Gasteiger partial charge on any atom is 0.363 e. The number of imide groups is 2. The van der Waals surface area contributed by atoms with Crippen molar-refractivity contribution in [3.63, 3.8) is 0 Å². The SMILES string of the molecule is CCN1C(=NC(=O)c2cccc(C(=O)ON3C(=O)CCC3=O)c2)Cc2ccccc21.CCn1c(N)nc2ccccc21.O=C(O)c1cccc(C(=O)O)c1.O=C1CCC(=O)N1O. The van der Waals surface area contributed by atoms with E-state index >= 15 is 0 Å². The summed E-state index contributed by atoms with van der Waals surface area (Å²) >= 11 is 0. The van der Waals surface area contributed by atoms with E-state index in [0.717, 1.165) is 34.9 Å². The van der Waals surface area contributed by atoms with Crippen molar-refractivity contribution in [2.24, 2.45) is 4.99 Å². The van der Waals surface area contributed by atoms with Crippen LogP contribution < -0.4 is 10.6 Å². The van der Waals surface area contributed by atoms with Crippen LogP contribution >= 0.6 is 0 Å². The number of benzene rings is 4. The van der Waals surface area contributed by atoms with E-state index in [1.165, 1.54) is 36.4 Å². The highest BCUT2D eigenvalue weighted by molar-refractivity contribution is 6.13. The number of hydrogen-bond acceptors (Lipinski definition) is 12. The van der Waals surface area contributed by atoms with Crippen LogP contribution in [0.5, 0.6) is 0 Å². The number of carboxylic acids is 2. The van der Waals surface area contributed by atoms with E-state index in [1.54, 1.807) is 6.07 Å². The van der Waals surface area contributed by atoms with Gasteiger partial charge in [-0.05, 0) is 74.0 Å². The molecule has 5 N–H and O–H groups in total. The molecule has 5 amide bonds. The number of nitrogens with zero attached hydrogens (tertiary/aromatic N) is 6. The van der Waals surface area contributed by atoms with Gasteiger partial charge in [0, 0.05) is 56.4 Å². The number of hydrogen-bond donors (Lipinski definition) is 4. The van der Waals surface area contributed by atoms with Crippen LogP contribution in [0.3, 0.4) is 0 Å². The number of amidine groups is 1. The predicted octanol–water partition coefficient (Wildman–Crippen LogP) is 4.77. The molecule has 19 nitrogen and oxygen atoms in total. The quantitative estimate of drug-likeness (QED) is 0.127. The molecule has 8 rings (SSSR count). The summed E-state index contributed by atoms with van der Waals surface area (Å²) in [6.07, 6.45) is 0.873. The van der Waals surface area contributed by atoms with Crippen LogP contribution in [-0.4, -0.2) is 94.9 Å². The second-order valence-electron chi connectivity index (χ2n) is 13.4.